The van der Waals surface area contributed by atoms with Crippen LogP contribution in [0.1, 0.15) is 40.0 Å². The van der Waals surface area contributed by atoms with E-state index in [1.807, 2.05) is 30.0 Å². The van der Waals surface area contributed by atoms with Gasteiger partial charge in [-0.3, -0.25) is 14.2 Å². The first-order chi connectivity index (χ1) is 12.6. The van der Waals surface area contributed by atoms with E-state index in [1.165, 1.54) is 23.1 Å². The zero-order chi connectivity index (χ0) is 18.9. The number of amides is 1. The van der Waals surface area contributed by atoms with Crippen molar-refractivity contribution in [2.24, 2.45) is 0 Å². The molecular formula is C19H28N2O3S2. The van der Waals surface area contributed by atoms with Crippen molar-refractivity contribution in [3.05, 3.63) is 27.9 Å². The van der Waals surface area contributed by atoms with E-state index in [-0.39, 0.29) is 10.1 Å². The molecular weight excluding hydrogens is 368 g/mol. The smallest absolute Gasteiger partial charge is 0.308 e. The first-order valence-electron chi connectivity index (χ1n) is 9.28. The predicted molar refractivity (Wildman–Crippen MR) is 112 cm³/mol. The largest absolute Gasteiger partial charge is 0.494 e. The lowest BCUT2D eigenvalue weighted by Crippen LogP contribution is -2.29. The van der Waals surface area contributed by atoms with Crippen LogP contribution in [0.25, 0.3) is 10.2 Å². The van der Waals surface area contributed by atoms with Gasteiger partial charge in [0.2, 0.25) is 0 Å². The minimum atomic E-state index is 0.0450. The molecule has 0 spiro atoms. The maximum absolute atomic E-state index is 12.3. The highest BCUT2D eigenvalue weighted by Gasteiger charge is 2.13. The second-order valence-corrected chi connectivity index (χ2v) is 8.08. The standard InChI is InChI=1S/C19H28N2O3S2/c1-4-10-20(11-5-2)18(22)25-13-7-12-21-16-9-8-15(24-6-3)14-17(16)26-19(21)23/h8-9,14H,4-7,10-13H2,1-3H3. The van der Waals surface area contributed by atoms with Crippen molar-refractivity contribution < 1.29 is 9.53 Å². The van der Waals surface area contributed by atoms with Gasteiger partial charge in [0, 0.05) is 25.4 Å². The molecule has 0 N–H and O–H groups in total. The number of aryl methyl sites for hydroxylation is 1. The number of aromatic nitrogens is 1. The predicted octanol–water partition coefficient (Wildman–Crippen LogP) is 4.83. The highest BCUT2D eigenvalue weighted by Crippen LogP contribution is 2.23. The highest BCUT2D eigenvalue weighted by atomic mass is 32.2. The number of carbonyl (C=O) groups excluding carboxylic acids is 1. The Bertz CT molecular complexity index is 764. The van der Waals surface area contributed by atoms with E-state index in [2.05, 4.69) is 13.8 Å². The molecule has 1 aromatic carbocycles. The molecule has 0 saturated carbocycles. The fraction of sp³-hybridized carbons (Fsp3) is 0.579. The van der Waals surface area contributed by atoms with Crippen LogP contribution in [0, 0.1) is 0 Å². The quantitative estimate of drug-likeness (QED) is 0.540. The molecule has 1 heterocycles. The Balaban J connectivity index is 1.92. The number of rotatable bonds is 10. The van der Waals surface area contributed by atoms with E-state index < -0.39 is 0 Å². The molecule has 1 aromatic heterocycles. The summed E-state index contributed by atoms with van der Waals surface area (Å²) in [5.74, 6) is 1.52. The summed E-state index contributed by atoms with van der Waals surface area (Å²) in [7, 11) is 0. The van der Waals surface area contributed by atoms with Crippen molar-refractivity contribution in [2.45, 2.75) is 46.6 Å². The number of benzene rings is 1. The number of ether oxygens (including phenoxy) is 1. The summed E-state index contributed by atoms with van der Waals surface area (Å²) >= 11 is 2.61. The van der Waals surface area contributed by atoms with Crippen LogP contribution in [0.15, 0.2) is 23.0 Å². The van der Waals surface area contributed by atoms with E-state index in [4.69, 9.17) is 4.74 Å². The maximum Gasteiger partial charge on any atom is 0.308 e. The van der Waals surface area contributed by atoms with E-state index in [9.17, 15) is 9.59 Å². The first-order valence-corrected chi connectivity index (χ1v) is 11.1. The van der Waals surface area contributed by atoms with Crippen LogP contribution >= 0.6 is 23.1 Å². The monoisotopic (exact) mass is 396 g/mol. The SMILES string of the molecule is CCCN(CCC)C(=O)SCCCn1c(=O)sc2cc(OCC)ccc21. The van der Waals surface area contributed by atoms with Gasteiger partial charge in [-0.15, -0.1) is 0 Å². The topological polar surface area (TPSA) is 51.5 Å². The lowest BCUT2D eigenvalue weighted by Gasteiger charge is -2.20. The average molecular weight is 397 g/mol. The van der Waals surface area contributed by atoms with Gasteiger partial charge in [-0.05, 0) is 44.4 Å². The number of thioether (sulfide) groups is 1. The van der Waals surface area contributed by atoms with Crippen LogP contribution in [0.2, 0.25) is 0 Å². The number of nitrogens with zero attached hydrogens (tertiary/aromatic N) is 2. The van der Waals surface area contributed by atoms with Crippen molar-refractivity contribution >= 4 is 38.6 Å². The van der Waals surface area contributed by atoms with Crippen molar-refractivity contribution in [2.75, 3.05) is 25.4 Å². The van der Waals surface area contributed by atoms with Crippen molar-refractivity contribution in [3.8, 4) is 5.75 Å². The number of thiazole rings is 1. The summed E-state index contributed by atoms with van der Waals surface area (Å²) in [6.45, 7) is 9.00. The van der Waals surface area contributed by atoms with Crippen molar-refractivity contribution in [1.82, 2.24) is 9.47 Å². The first kappa shape index (κ1) is 20.8. The Labute approximate surface area is 163 Å². The molecule has 1 amide bonds. The van der Waals surface area contributed by atoms with Gasteiger partial charge < -0.3 is 9.64 Å². The Kier molecular flexibility index (Phi) is 8.51. The summed E-state index contributed by atoms with van der Waals surface area (Å²) < 4.78 is 8.25. The molecule has 7 heteroatoms. The third kappa shape index (κ3) is 5.51. The summed E-state index contributed by atoms with van der Waals surface area (Å²) in [5.41, 5.74) is 0.943. The van der Waals surface area contributed by atoms with Gasteiger partial charge in [0.25, 0.3) is 5.24 Å². The van der Waals surface area contributed by atoms with Gasteiger partial charge in [-0.2, -0.15) is 0 Å². The lowest BCUT2D eigenvalue weighted by atomic mass is 10.3. The molecule has 144 valence electrons. The van der Waals surface area contributed by atoms with E-state index in [0.29, 0.717) is 13.2 Å². The minimum absolute atomic E-state index is 0.0450. The minimum Gasteiger partial charge on any atom is -0.494 e. The molecule has 2 rings (SSSR count). The third-order valence-electron chi connectivity index (χ3n) is 3.95. The van der Waals surface area contributed by atoms with Crippen LogP contribution in [0.5, 0.6) is 5.75 Å². The zero-order valence-electron chi connectivity index (χ0n) is 15.8. The number of hydrogen-bond acceptors (Lipinski definition) is 5. The van der Waals surface area contributed by atoms with Crippen molar-refractivity contribution in [1.29, 1.82) is 0 Å². The molecule has 0 bridgehead atoms. The molecule has 0 unspecified atom stereocenters. The molecule has 0 atom stereocenters. The number of hydrogen-bond donors (Lipinski definition) is 0. The molecule has 0 aliphatic carbocycles. The van der Waals surface area contributed by atoms with Gasteiger partial charge in [-0.1, -0.05) is 36.9 Å². The van der Waals surface area contributed by atoms with Crippen LogP contribution in [0.4, 0.5) is 4.79 Å². The summed E-state index contributed by atoms with van der Waals surface area (Å²) in [6, 6.07) is 5.77. The molecule has 0 radical (unpaired) electrons. The van der Waals surface area contributed by atoms with E-state index in [0.717, 1.165) is 54.1 Å². The van der Waals surface area contributed by atoms with E-state index >= 15 is 0 Å². The maximum atomic E-state index is 12.3. The van der Waals surface area contributed by atoms with Gasteiger partial charge in [0.15, 0.2) is 0 Å². The van der Waals surface area contributed by atoms with Crippen LogP contribution in [-0.4, -0.2) is 40.2 Å². The fourth-order valence-corrected chi connectivity index (χ4v) is 4.58. The van der Waals surface area contributed by atoms with Crippen LogP contribution in [-0.2, 0) is 6.54 Å². The van der Waals surface area contributed by atoms with Crippen LogP contribution in [0.3, 0.4) is 0 Å². The Morgan fingerprint density at radius 2 is 1.96 bits per heavy atom. The summed E-state index contributed by atoms with van der Waals surface area (Å²) in [4.78, 5) is 26.5. The Morgan fingerprint density at radius 3 is 2.62 bits per heavy atom. The molecule has 0 aliphatic heterocycles. The number of fused-ring (bicyclic) bond motifs is 1. The fourth-order valence-electron chi connectivity index (χ4n) is 2.82. The molecule has 0 saturated heterocycles. The van der Waals surface area contributed by atoms with Crippen LogP contribution < -0.4 is 9.61 Å². The molecule has 26 heavy (non-hydrogen) atoms. The Hall–Kier alpha value is -1.47. The van der Waals surface area contributed by atoms with Crippen molar-refractivity contribution in [3.63, 3.8) is 0 Å². The Morgan fingerprint density at radius 1 is 1.23 bits per heavy atom. The molecule has 0 fully saturated rings. The zero-order valence-corrected chi connectivity index (χ0v) is 17.5. The number of carbonyl (C=O) groups is 1. The summed E-state index contributed by atoms with van der Waals surface area (Å²) in [5, 5.41) is 0.151. The molecule has 0 aliphatic rings. The average Bonchev–Trinajstić information content (AvgIpc) is 2.93. The van der Waals surface area contributed by atoms with Gasteiger partial charge in [-0.25, -0.2) is 0 Å². The van der Waals surface area contributed by atoms with E-state index in [1.54, 1.807) is 4.57 Å². The lowest BCUT2D eigenvalue weighted by molar-refractivity contribution is 0.223. The van der Waals surface area contributed by atoms with Gasteiger partial charge in [0.1, 0.15) is 5.75 Å². The third-order valence-corrected chi connectivity index (χ3v) is 5.89. The molecule has 2 aromatic rings. The second-order valence-electron chi connectivity index (χ2n) is 6.04. The summed E-state index contributed by atoms with van der Waals surface area (Å²) in [6.07, 6.45) is 2.75. The second kappa shape index (κ2) is 10.6. The molecule has 5 nitrogen and oxygen atoms in total. The van der Waals surface area contributed by atoms with Gasteiger partial charge >= 0.3 is 4.87 Å². The van der Waals surface area contributed by atoms with Gasteiger partial charge in [0.05, 0.1) is 16.8 Å². The normalized spacial score (nSPS) is 11.0. The highest BCUT2D eigenvalue weighted by molar-refractivity contribution is 8.13.